The largest absolute Gasteiger partial charge is 0.386 e. The van der Waals surface area contributed by atoms with Crippen LogP contribution < -0.4 is 16.0 Å². The molecular formula is C25H30N4O2. The fraction of sp³-hybridized carbons (Fsp3) is 0.440. The van der Waals surface area contributed by atoms with Gasteiger partial charge in [-0.15, -0.1) is 0 Å². The Hall–Kier alpha value is -2.86. The minimum Gasteiger partial charge on any atom is -0.386 e. The number of rotatable bonds is 6. The van der Waals surface area contributed by atoms with E-state index in [9.17, 15) is 4.79 Å². The van der Waals surface area contributed by atoms with E-state index in [1.165, 1.54) is 16.8 Å². The van der Waals surface area contributed by atoms with Crippen LogP contribution in [0.25, 0.3) is 5.70 Å². The van der Waals surface area contributed by atoms with E-state index in [0.29, 0.717) is 23.8 Å². The van der Waals surface area contributed by atoms with Gasteiger partial charge in [-0.2, -0.15) is 0 Å². The fourth-order valence-electron chi connectivity index (χ4n) is 5.04. The van der Waals surface area contributed by atoms with Crippen molar-refractivity contribution in [2.24, 2.45) is 11.8 Å². The highest BCUT2D eigenvalue weighted by molar-refractivity contribution is 5.95. The first kappa shape index (κ1) is 20.1. The Morgan fingerprint density at radius 3 is 2.77 bits per heavy atom. The molecule has 0 spiro atoms. The number of aromatic nitrogens is 1. The van der Waals surface area contributed by atoms with Crippen LogP contribution in [0.2, 0.25) is 0 Å². The van der Waals surface area contributed by atoms with Crippen LogP contribution in [0.1, 0.15) is 46.7 Å². The number of ether oxygens (including phenoxy) is 1. The van der Waals surface area contributed by atoms with E-state index < -0.39 is 0 Å². The number of carbonyl (C=O) groups is 1. The molecule has 1 aromatic heterocycles. The molecule has 1 aliphatic carbocycles. The van der Waals surface area contributed by atoms with Gasteiger partial charge in [0.25, 0.3) is 5.91 Å². The molecule has 1 saturated heterocycles. The van der Waals surface area contributed by atoms with E-state index in [2.05, 4.69) is 48.0 Å². The van der Waals surface area contributed by atoms with Crippen LogP contribution in [0.4, 0.5) is 5.69 Å². The molecule has 6 nitrogen and oxygen atoms in total. The average Bonchev–Trinajstić information content (AvgIpc) is 3.14. The van der Waals surface area contributed by atoms with Crippen molar-refractivity contribution >= 4 is 17.3 Å². The van der Waals surface area contributed by atoms with Crippen LogP contribution in [-0.2, 0) is 17.6 Å². The van der Waals surface area contributed by atoms with Crippen LogP contribution in [0.3, 0.4) is 0 Å². The van der Waals surface area contributed by atoms with Crippen molar-refractivity contribution in [3.63, 3.8) is 0 Å². The van der Waals surface area contributed by atoms with Gasteiger partial charge >= 0.3 is 0 Å². The van der Waals surface area contributed by atoms with Crippen molar-refractivity contribution < 1.29 is 9.53 Å². The number of hydrogen-bond donors (Lipinski definition) is 3. The molecule has 6 heteroatoms. The maximum atomic E-state index is 13.1. The van der Waals surface area contributed by atoms with Gasteiger partial charge in [0.1, 0.15) is 0 Å². The number of fused-ring (bicyclic) bond motifs is 2. The Labute approximate surface area is 183 Å². The molecule has 2 atom stereocenters. The Morgan fingerprint density at radius 2 is 2.03 bits per heavy atom. The minimum absolute atomic E-state index is 0.0199. The topological polar surface area (TPSA) is 75.3 Å². The monoisotopic (exact) mass is 418 g/mol. The molecule has 2 aliphatic heterocycles. The molecule has 1 amide bonds. The van der Waals surface area contributed by atoms with Crippen LogP contribution >= 0.6 is 0 Å². The summed E-state index contributed by atoms with van der Waals surface area (Å²) in [7, 11) is 1.90. The van der Waals surface area contributed by atoms with Crippen molar-refractivity contribution in [1.29, 1.82) is 0 Å². The van der Waals surface area contributed by atoms with E-state index in [-0.39, 0.29) is 11.9 Å². The standard InChI is InChI=1S/C25H30N4O2/c1-14(2)23(26-3)22-11-16(25(30)29-24-19-12-31-13-20(19)24)10-17(28-22)9-15-5-4-6-21-18(15)7-8-27-21/h4-6,10-11,19-20,24,26-27H,7-9,12-13H2,1-3H3,(H,29,30). The third-order valence-electron chi connectivity index (χ3n) is 6.73. The second kappa shape index (κ2) is 8.00. The van der Waals surface area contributed by atoms with E-state index in [1.54, 1.807) is 0 Å². The lowest BCUT2D eigenvalue weighted by Crippen LogP contribution is -2.30. The Kier molecular flexibility index (Phi) is 5.18. The average molecular weight is 419 g/mol. The molecule has 5 rings (SSSR count). The lowest BCUT2D eigenvalue weighted by atomic mass is 9.99. The van der Waals surface area contributed by atoms with E-state index >= 15 is 0 Å². The van der Waals surface area contributed by atoms with Crippen LogP contribution in [-0.4, -0.2) is 43.7 Å². The van der Waals surface area contributed by atoms with Gasteiger partial charge in [0.15, 0.2) is 0 Å². The Balaban J connectivity index is 1.47. The first-order chi connectivity index (χ1) is 15.0. The van der Waals surface area contributed by atoms with E-state index in [1.807, 2.05) is 19.2 Å². The molecule has 2 aromatic rings. The molecule has 3 N–H and O–H groups in total. The zero-order valence-electron chi connectivity index (χ0n) is 18.4. The number of carbonyl (C=O) groups excluding carboxylic acids is 1. The number of allylic oxidation sites excluding steroid dienone is 1. The first-order valence-corrected chi connectivity index (χ1v) is 11.1. The van der Waals surface area contributed by atoms with Crippen molar-refractivity contribution in [2.45, 2.75) is 32.7 Å². The zero-order chi connectivity index (χ0) is 21.5. The van der Waals surface area contributed by atoms with Gasteiger partial charge in [0.2, 0.25) is 0 Å². The molecule has 0 bridgehead atoms. The maximum Gasteiger partial charge on any atom is 0.251 e. The molecular weight excluding hydrogens is 388 g/mol. The quantitative estimate of drug-likeness (QED) is 0.673. The summed E-state index contributed by atoms with van der Waals surface area (Å²) in [4.78, 5) is 18.1. The lowest BCUT2D eigenvalue weighted by Gasteiger charge is -2.15. The Bertz CT molecular complexity index is 1050. The molecule has 3 heterocycles. The van der Waals surface area contributed by atoms with Gasteiger partial charge in [0, 0.05) is 54.8 Å². The third kappa shape index (κ3) is 3.81. The number of pyridine rings is 1. The highest BCUT2D eigenvalue weighted by atomic mass is 16.5. The zero-order valence-corrected chi connectivity index (χ0v) is 18.4. The van der Waals surface area contributed by atoms with Gasteiger partial charge in [-0.25, -0.2) is 0 Å². The lowest BCUT2D eigenvalue weighted by molar-refractivity contribution is 0.0928. The maximum absolute atomic E-state index is 13.1. The van der Waals surface area contributed by atoms with Crippen molar-refractivity contribution in [3.05, 3.63) is 64.0 Å². The number of benzene rings is 1. The second-order valence-corrected chi connectivity index (χ2v) is 9.02. The third-order valence-corrected chi connectivity index (χ3v) is 6.73. The van der Waals surface area contributed by atoms with Crippen LogP contribution in [0.15, 0.2) is 35.9 Å². The summed E-state index contributed by atoms with van der Waals surface area (Å²) in [5.74, 6) is 0.943. The number of nitrogens with zero attached hydrogens (tertiary/aromatic N) is 1. The molecule has 1 aromatic carbocycles. The SMILES string of the molecule is CNC(=C(C)C)c1cc(C(=O)NC2C3COCC32)cc(Cc2cccc3c2CCN3)n1. The minimum atomic E-state index is -0.0199. The number of hydrogen-bond acceptors (Lipinski definition) is 5. The molecule has 0 radical (unpaired) electrons. The molecule has 31 heavy (non-hydrogen) atoms. The first-order valence-electron chi connectivity index (χ1n) is 11.1. The normalized spacial score (nSPS) is 22.9. The summed E-state index contributed by atoms with van der Waals surface area (Å²) in [6, 6.07) is 10.5. The number of nitrogens with one attached hydrogen (secondary N) is 3. The second-order valence-electron chi connectivity index (χ2n) is 9.02. The van der Waals surface area contributed by atoms with Gasteiger partial charge in [-0.3, -0.25) is 9.78 Å². The van der Waals surface area contributed by atoms with Gasteiger partial charge in [-0.05, 0) is 49.6 Å². The predicted octanol–water partition coefficient (Wildman–Crippen LogP) is 2.99. The fourth-order valence-corrected chi connectivity index (χ4v) is 5.04. The summed E-state index contributed by atoms with van der Waals surface area (Å²) >= 11 is 0. The number of amides is 1. The summed E-state index contributed by atoms with van der Waals surface area (Å²) in [5, 5.41) is 9.93. The van der Waals surface area contributed by atoms with Crippen LogP contribution in [0.5, 0.6) is 0 Å². The van der Waals surface area contributed by atoms with Crippen molar-refractivity contribution in [2.75, 3.05) is 32.1 Å². The smallest absolute Gasteiger partial charge is 0.251 e. The van der Waals surface area contributed by atoms with Gasteiger partial charge in [-0.1, -0.05) is 17.7 Å². The van der Waals surface area contributed by atoms with E-state index in [4.69, 9.17) is 9.72 Å². The van der Waals surface area contributed by atoms with Gasteiger partial charge < -0.3 is 20.7 Å². The summed E-state index contributed by atoms with van der Waals surface area (Å²) in [5.41, 5.74) is 8.36. The van der Waals surface area contributed by atoms with Crippen LogP contribution in [0, 0.1) is 11.8 Å². The van der Waals surface area contributed by atoms with Crippen molar-refractivity contribution in [3.8, 4) is 0 Å². The molecule has 2 unspecified atom stereocenters. The highest BCUT2D eigenvalue weighted by Crippen LogP contribution is 2.44. The van der Waals surface area contributed by atoms with Crippen molar-refractivity contribution in [1.82, 2.24) is 15.6 Å². The number of anilines is 1. The van der Waals surface area contributed by atoms with E-state index in [0.717, 1.165) is 48.8 Å². The molecule has 2 fully saturated rings. The van der Waals surface area contributed by atoms with Gasteiger partial charge in [0.05, 0.1) is 24.6 Å². The molecule has 162 valence electrons. The summed E-state index contributed by atoms with van der Waals surface area (Å²) < 4.78 is 5.46. The summed E-state index contributed by atoms with van der Waals surface area (Å²) in [6.45, 7) is 6.61. The summed E-state index contributed by atoms with van der Waals surface area (Å²) in [6.07, 6.45) is 1.74. The molecule has 1 saturated carbocycles. The Morgan fingerprint density at radius 1 is 1.23 bits per heavy atom. The highest BCUT2D eigenvalue weighted by Gasteiger charge is 2.54. The predicted molar refractivity (Wildman–Crippen MR) is 122 cm³/mol. The molecule has 3 aliphatic rings.